The van der Waals surface area contributed by atoms with Crippen LogP contribution in [-0.4, -0.2) is 111 Å². The average molecular weight is 2150 g/mol. The largest absolute Gasteiger partial charge is 0.494 e. The first-order chi connectivity index (χ1) is 56.1. The molecule has 0 spiro atoms. The number of rotatable bonds is 15. The van der Waals surface area contributed by atoms with Gasteiger partial charge in [0.1, 0.15) is 17.8 Å². The van der Waals surface area contributed by atoms with Gasteiger partial charge in [-0.2, -0.15) is 8.42 Å². The topological polar surface area (TPSA) is 333 Å². The SMILES string of the molecule is CC(=O)NC(C)c1cc(Br)ccn1.CC(N)c1cc(Br)ccn1.CC(N=[N+]=[N-])c1cc(Br)ccn1.CC(O)c1cc(Br)ccn1.CC(OS(C)(=O)=O)c1cc(Br)ccn1.CCOC(=O)[C@@H](OC(C)(C)C)c1c(C)cc2nc(Br)sc2c1-c1ccc(Cl)cc1.Cc1nc(C)n2ccc(B3OC(C)(C)C(C)(C)O3)cc12.Cc1nc(C)n2ccc(Br)cc12. The van der Waals surface area contributed by atoms with E-state index in [1.807, 2.05) is 167 Å². The quantitative estimate of drug-likeness (QED) is 0.0214. The molecule has 1 aliphatic heterocycles. The van der Waals surface area contributed by atoms with Crippen LogP contribution in [0.3, 0.4) is 0 Å². The number of imidazole rings is 2. The van der Waals surface area contributed by atoms with Crippen molar-refractivity contribution in [2.24, 2.45) is 10.8 Å². The molecule has 0 saturated carbocycles. The van der Waals surface area contributed by atoms with Gasteiger partial charge >= 0.3 is 13.1 Å². The molecule has 640 valence electrons. The molecule has 120 heavy (non-hydrogen) atoms. The molecule has 10 aromatic heterocycles. The number of esters is 1. The van der Waals surface area contributed by atoms with Crippen LogP contribution in [0.4, 0.5) is 0 Å². The lowest BCUT2D eigenvalue weighted by Crippen LogP contribution is -2.41. The van der Waals surface area contributed by atoms with E-state index >= 15 is 0 Å². The van der Waals surface area contributed by atoms with Crippen molar-refractivity contribution < 1.29 is 46.1 Å². The number of thiazole rings is 1. The van der Waals surface area contributed by atoms with Crippen LogP contribution in [0.15, 0.2) is 195 Å². The van der Waals surface area contributed by atoms with E-state index < -0.39 is 40.0 Å². The van der Waals surface area contributed by atoms with E-state index in [1.165, 1.54) is 23.8 Å². The highest BCUT2D eigenvalue weighted by Crippen LogP contribution is 2.44. The summed E-state index contributed by atoms with van der Waals surface area (Å²) in [6.07, 6.45) is 11.5. The Morgan fingerprint density at radius 2 is 1.12 bits per heavy atom. The number of hydrogen-bond acceptors (Lipinski definition) is 21. The zero-order chi connectivity index (χ0) is 89.5. The third kappa shape index (κ3) is 31.7. The monoisotopic (exact) mass is 2140 g/mol. The van der Waals surface area contributed by atoms with Crippen LogP contribution in [0.1, 0.15) is 196 Å². The lowest BCUT2D eigenvalue weighted by atomic mass is 9.79. The predicted molar refractivity (Wildman–Crippen MR) is 503 cm³/mol. The molecule has 25 nitrogen and oxygen atoms in total. The molecule has 1 aliphatic rings. The summed E-state index contributed by atoms with van der Waals surface area (Å²) >= 11 is 31.1. The number of nitrogens with zero attached hydrogens (tertiary/aromatic N) is 13. The second-order valence-corrected chi connectivity index (χ2v) is 39.1. The molecule has 0 bridgehead atoms. The predicted octanol–water partition coefficient (Wildman–Crippen LogP) is 23.0. The summed E-state index contributed by atoms with van der Waals surface area (Å²) in [5, 5.41) is 16.0. The van der Waals surface area contributed by atoms with E-state index in [9.17, 15) is 18.0 Å². The Balaban J connectivity index is 0.000000219. The van der Waals surface area contributed by atoms with Gasteiger partial charge in [0.25, 0.3) is 10.1 Å². The van der Waals surface area contributed by atoms with Crippen molar-refractivity contribution in [3.8, 4) is 11.1 Å². The van der Waals surface area contributed by atoms with Crippen LogP contribution >= 0.6 is 134 Å². The van der Waals surface area contributed by atoms with Gasteiger partial charge in [0.15, 0.2) is 10.0 Å². The average Bonchev–Trinajstić information content (AvgIpc) is 1.63. The minimum Gasteiger partial charge on any atom is -0.464 e. The summed E-state index contributed by atoms with van der Waals surface area (Å²) in [5.74, 6) is 1.59. The lowest BCUT2D eigenvalue weighted by molar-refractivity contribution is -0.166. The molecule has 36 heteroatoms. The first kappa shape index (κ1) is 102. The maximum atomic E-state index is 13.0. The van der Waals surface area contributed by atoms with Gasteiger partial charge in [0, 0.05) is 104 Å². The van der Waals surface area contributed by atoms with Crippen LogP contribution in [-0.2, 0) is 42.7 Å². The Labute approximate surface area is 770 Å². The summed E-state index contributed by atoms with van der Waals surface area (Å²) in [5.41, 5.74) is 26.3. The van der Waals surface area contributed by atoms with Crippen LogP contribution < -0.4 is 16.5 Å². The van der Waals surface area contributed by atoms with Crippen molar-refractivity contribution in [1.29, 1.82) is 0 Å². The van der Waals surface area contributed by atoms with Gasteiger partial charge in [-0.15, -0.1) is 11.3 Å². The number of carbonyl (C=O) groups is 2. The Morgan fingerprint density at radius 3 is 1.57 bits per heavy atom. The summed E-state index contributed by atoms with van der Waals surface area (Å²) < 4.78 is 62.0. The van der Waals surface area contributed by atoms with E-state index in [1.54, 1.807) is 76.9 Å². The summed E-state index contributed by atoms with van der Waals surface area (Å²) in [7, 11) is -3.76. The van der Waals surface area contributed by atoms with Crippen molar-refractivity contribution in [1.82, 2.24) is 54.0 Å². The van der Waals surface area contributed by atoms with Crippen molar-refractivity contribution in [2.45, 2.75) is 185 Å². The highest BCUT2D eigenvalue weighted by Gasteiger charge is 2.52. The van der Waals surface area contributed by atoms with Gasteiger partial charge < -0.3 is 43.7 Å². The molecule has 2 aromatic carbocycles. The van der Waals surface area contributed by atoms with E-state index in [0.717, 1.165) is 121 Å². The van der Waals surface area contributed by atoms with Crippen LogP contribution in [0, 0.1) is 34.6 Å². The van der Waals surface area contributed by atoms with Gasteiger partial charge in [-0.25, -0.2) is 19.7 Å². The highest BCUT2D eigenvalue weighted by atomic mass is 79.9. The standard InChI is InChI=1S/C22H23BrClNO3S.C15H21BN2O2.C9H11BrN2O.C9H9BrN2.C8H10BrNO3S.C7H7BrN4.C7H9BrN2.C7H8BrNO/c1-6-27-20(26)18(28-22(3,4)5)16-12(2)11-15-19(29-21(23)25-15)17(16)13-7-9-14(24)10-8-13;1-10-13-9-12(7-8-18(13)11(2)17-10)16-19-14(3,4)15(5,6)20-16;1-6(12-7(2)13)9-5-8(10)3-4-11-9;1-6-9-5-8(10)3-4-12(9)7(2)11-6;1-6(13-14(2,11)12)8-5-7(9)3-4-10-8;1-5(11-12-9)7-4-6(8)2-3-10-7;1-5(9)7-4-6(8)2-3-10-7;1-5(10)7-4-6(8)2-3-9-7/h7-11,18H,6H2,1-5H3;7-9H,1-6H3;3-6H,1-2H3,(H,12,13);3-5H,1-2H3;3-6H,1-2H3;2-5H,1H3;2-5H,9H2,1H3;2-5,10H,1H3/t18-;;;;;;;/m0......./s1. The number of fused-ring (bicyclic) bond motifs is 3. The number of benzene rings is 2. The number of carbonyl (C=O) groups excluding carboxylic acids is 2. The third-order valence-corrected chi connectivity index (χ3v) is 23.0. The van der Waals surface area contributed by atoms with E-state index in [2.05, 4.69) is 215 Å². The van der Waals surface area contributed by atoms with Crippen molar-refractivity contribution in [3.63, 3.8) is 0 Å². The maximum Gasteiger partial charge on any atom is 0.494 e. The van der Waals surface area contributed by atoms with E-state index in [4.69, 9.17) is 50.9 Å². The number of ether oxygens (including phenoxy) is 2. The number of aryl methyl sites for hydroxylation is 5. The number of nitrogens with two attached hydrogens (primary N) is 1. The molecule has 1 fully saturated rings. The molecule has 0 aliphatic carbocycles. The minimum atomic E-state index is -3.44. The Morgan fingerprint density at radius 1 is 0.667 bits per heavy atom. The second kappa shape index (κ2) is 46.7. The maximum absolute atomic E-state index is 13.0. The number of azide groups is 1. The van der Waals surface area contributed by atoms with Crippen LogP contribution in [0.25, 0.3) is 42.8 Å². The van der Waals surface area contributed by atoms with Crippen molar-refractivity contribution in [2.75, 3.05) is 12.9 Å². The number of amides is 1. The number of aliphatic hydroxyl groups excluding tert-OH is 1. The molecule has 0 radical (unpaired) electrons. The van der Waals surface area contributed by atoms with Crippen molar-refractivity contribution in [3.05, 3.63) is 267 Å². The fourth-order valence-electron chi connectivity index (χ4n) is 11.3. The number of hydrogen-bond donors (Lipinski definition) is 3. The lowest BCUT2D eigenvalue weighted by Gasteiger charge is -2.32. The van der Waals surface area contributed by atoms with Gasteiger partial charge in [-0.1, -0.05) is 131 Å². The van der Waals surface area contributed by atoms with Crippen LogP contribution in [0.5, 0.6) is 0 Å². The summed E-state index contributed by atoms with van der Waals surface area (Å²) in [6, 6.07) is 35.9. The number of aromatic nitrogens is 10. The smallest absolute Gasteiger partial charge is 0.464 e. The zero-order valence-electron chi connectivity index (χ0n) is 70.1. The minimum absolute atomic E-state index is 0.0116. The number of halogens is 8. The highest BCUT2D eigenvalue weighted by molar-refractivity contribution is 9.11. The van der Waals surface area contributed by atoms with Gasteiger partial charge in [-0.05, 0) is 259 Å². The Hall–Kier alpha value is -6.87. The molecular formula is C84H98BBr7ClN15O10S2. The molecule has 6 atom stereocenters. The summed E-state index contributed by atoms with van der Waals surface area (Å²) in [4.78, 5) is 60.2. The molecule has 5 unspecified atom stereocenters. The molecule has 1 amide bonds. The van der Waals surface area contributed by atoms with E-state index in [0.29, 0.717) is 16.4 Å². The molecule has 12 aromatic rings. The van der Waals surface area contributed by atoms with Crippen molar-refractivity contribution >= 4 is 190 Å². The molecule has 4 N–H and O–H groups in total. The Bertz CT molecular complexity index is 5560. The number of aliphatic hydroxyl groups is 1. The Kier molecular flexibility index (Phi) is 39.7. The number of pyridine rings is 7. The fourth-order valence-corrected chi connectivity index (χ4v) is 15.6. The molecule has 1 saturated heterocycles. The fraction of sp³-hybridized carbons (Fsp3) is 0.357. The molecule has 11 heterocycles. The first-order valence-corrected chi connectivity index (χ1v) is 46.0. The summed E-state index contributed by atoms with van der Waals surface area (Å²) in [6.45, 7) is 36.6. The van der Waals surface area contributed by atoms with Gasteiger partial charge in [0.2, 0.25) is 5.91 Å². The third-order valence-electron chi connectivity index (χ3n) is 17.7. The van der Waals surface area contributed by atoms with Gasteiger partial charge in [-0.3, -0.25) is 33.9 Å². The van der Waals surface area contributed by atoms with E-state index in [-0.39, 0.29) is 49.0 Å². The van der Waals surface area contributed by atoms with Crippen LogP contribution in [0.2, 0.25) is 5.02 Å². The second-order valence-electron chi connectivity index (χ2n) is 29.3. The first-order valence-electron chi connectivity index (χ1n) is 37.4. The zero-order valence-corrected chi connectivity index (χ0v) is 83.6. The molecule has 13 rings (SSSR count). The normalized spacial score (nSPS) is 14.0. The van der Waals surface area contributed by atoms with Gasteiger partial charge in [0.05, 0.1) is 109 Å². The molecular weight excluding hydrogens is 2050 g/mol. The number of nitrogens with one attached hydrogen (secondary N) is 1.